The van der Waals surface area contributed by atoms with E-state index in [2.05, 4.69) is 73.0 Å². The number of hydrogen-bond donors (Lipinski definition) is 14. The minimum Gasteiger partial charge on any atom is -0.492 e. The van der Waals surface area contributed by atoms with E-state index < -0.39 is 198 Å². The van der Waals surface area contributed by atoms with Crippen LogP contribution in [0.25, 0.3) is 0 Å². The van der Waals surface area contributed by atoms with Crippen molar-refractivity contribution < 1.29 is 135 Å². The largest absolute Gasteiger partial charge is 0.492 e. The summed E-state index contributed by atoms with van der Waals surface area (Å²) >= 11 is 2.76. The Balaban J connectivity index is 0.925. The van der Waals surface area contributed by atoms with E-state index in [1.807, 2.05) is 22.6 Å². The van der Waals surface area contributed by atoms with Crippen LogP contribution in [0.4, 0.5) is 20.1 Å². The minimum absolute atomic E-state index is 0.00746. The number of carbonyl (C=O) groups is 9. The van der Waals surface area contributed by atoms with Crippen LogP contribution >= 0.6 is 55.9 Å². The average molecular weight is 2000 g/mol. The lowest BCUT2D eigenvalue weighted by molar-refractivity contribution is -0.337. The summed E-state index contributed by atoms with van der Waals surface area (Å²) in [5, 5.41) is 74.4. The topological polar surface area (TPSA) is 527 Å². The van der Waals surface area contributed by atoms with Crippen LogP contribution in [0.15, 0.2) is 59.3 Å². The molecule has 0 unspecified atom stereocenters. The highest BCUT2D eigenvalue weighted by Crippen LogP contribution is 2.50. The number of likely N-dealkylation sites (tertiary alicyclic amines) is 1. The summed E-state index contributed by atoms with van der Waals surface area (Å²) in [6, 6.07) is 0.228. The second-order valence-corrected chi connectivity index (χ2v) is 37.6. The number of nitrogens with one attached hydrogen (secondary N) is 7. The maximum atomic E-state index is 14.7. The Labute approximate surface area is 782 Å². The SMILES string of the molecule is CCN(C(=O)OCc1ccc(NC(=O)[C@H](CCCNC(N)=O)NC(=O)[C@@H](NC(=O)[C@H](CCCCN)NC(C)=O)C(C)C)cc1)[C@H]1CO[C@@H](O[C@H]2[C@H](O[C@H]3C#C/C=C\C#C[C@]4(O)CC(=O)C(NC(=O)OC)=C3/C4=C\CSSC3CCN(C)CC3)O[C@H](C)[C@@H](NO[C@H]3C[C@H](O)[C@H](SC(=O)c4c(C)c(I)c(O[C@@H]5O[C@@H](C)[C@H](O)[C@@H](OC)[C@H]5O)c(OC)c4OC)[C@@H](C)O3)[C@@H]2O)C[C@@H]1OC. The number of ketones is 1. The van der Waals surface area contributed by atoms with Gasteiger partial charge in [0.05, 0.1) is 97.0 Å². The van der Waals surface area contributed by atoms with Crippen molar-refractivity contribution in [3.05, 3.63) is 79.6 Å². The maximum absolute atomic E-state index is 14.7. The van der Waals surface area contributed by atoms with Crippen molar-refractivity contribution in [1.82, 2.24) is 41.9 Å². The fourth-order valence-corrected chi connectivity index (χ4v) is 20.2. The number of aliphatic hydroxyl groups excluding tert-OH is 4. The summed E-state index contributed by atoms with van der Waals surface area (Å²) in [7, 11) is 11.9. The van der Waals surface area contributed by atoms with Gasteiger partial charge in [0.2, 0.25) is 40.8 Å². The molecule has 5 heterocycles. The third-order valence-corrected chi connectivity index (χ3v) is 28.6. The highest BCUT2D eigenvalue weighted by molar-refractivity contribution is 14.1. The second kappa shape index (κ2) is 50.6. The number of allylic oxidation sites excluding steroid dienone is 3. The second-order valence-electron chi connectivity index (χ2n) is 32.6. The van der Waals surface area contributed by atoms with E-state index in [0.29, 0.717) is 45.0 Å². The van der Waals surface area contributed by atoms with Gasteiger partial charge in [0.1, 0.15) is 61.4 Å². The van der Waals surface area contributed by atoms with Gasteiger partial charge < -0.3 is 135 Å². The number of fused-ring (bicyclic) bond motifs is 2. The Kier molecular flexibility index (Phi) is 41.2. The predicted molar refractivity (Wildman–Crippen MR) is 487 cm³/mol. The number of thioether (sulfide) groups is 1. The highest BCUT2D eigenvalue weighted by atomic mass is 127. The number of unbranched alkanes of at least 4 members (excludes halogenated alkanes) is 1. The molecule has 22 atom stereocenters. The summed E-state index contributed by atoms with van der Waals surface area (Å²) in [5.74, 6) is 8.38. The summed E-state index contributed by atoms with van der Waals surface area (Å²) < 4.78 is 79.9. The molecular formula is C87H124IN11O28S3. The van der Waals surface area contributed by atoms with Gasteiger partial charge in [-0.15, -0.1) is 0 Å². The summed E-state index contributed by atoms with van der Waals surface area (Å²) in [6.07, 6.45) is -13.8. The number of carbonyl (C=O) groups excluding carboxylic acids is 9. The number of rotatable bonds is 40. The molecule has 2 bridgehead atoms. The Morgan fingerprint density at radius 3 is 2.13 bits per heavy atom. The first-order chi connectivity index (χ1) is 62.0. The lowest BCUT2D eigenvalue weighted by atomic mass is 9.75. The molecule has 2 aromatic carbocycles. The first-order valence-corrected chi connectivity index (χ1v) is 47.4. The third-order valence-electron chi connectivity index (χ3n) is 23.1. The fraction of sp³-hybridized carbons (Fsp3) is 0.644. The first-order valence-electron chi connectivity index (χ1n) is 43.1. The number of aliphatic hydroxyl groups is 5. The van der Waals surface area contributed by atoms with Gasteiger partial charge in [0.25, 0.3) is 0 Å². The van der Waals surface area contributed by atoms with Crippen molar-refractivity contribution >= 4 is 114 Å². The molecule has 16 N–H and O–H groups in total. The number of ether oxygens (including phenoxy) is 13. The predicted octanol–water partition coefficient (Wildman–Crippen LogP) is 3.71. The number of primary amides is 1. The number of urea groups is 1. The first kappa shape index (κ1) is 106. The number of benzene rings is 2. The van der Waals surface area contributed by atoms with Gasteiger partial charge >= 0.3 is 18.2 Å². The molecule has 0 radical (unpaired) electrons. The molecule has 0 saturated carbocycles. The van der Waals surface area contributed by atoms with Crippen LogP contribution in [0, 0.1) is 40.1 Å². The number of amides is 8. The summed E-state index contributed by atoms with van der Waals surface area (Å²) in [4.78, 5) is 132. The van der Waals surface area contributed by atoms with E-state index in [0.717, 1.165) is 44.8 Å². The number of halogens is 1. The van der Waals surface area contributed by atoms with Gasteiger partial charge in [-0.05, 0) is 170 Å². The van der Waals surface area contributed by atoms with E-state index >= 15 is 0 Å². The summed E-state index contributed by atoms with van der Waals surface area (Å²) in [6.45, 7) is 14.8. The molecular weight excluding hydrogens is 1870 g/mol. The van der Waals surface area contributed by atoms with Crippen molar-refractivity contribution in [2.24, 2.45) is 17.4 Å². The summed E-state index contributed by atoms with van der Waals surface area (Å²) in [5.41, 5.74) is 12.7. The van der Waals surface area contributed by atoms with Crippen molar-refractivity contribution in [3.8, 4) is 40.9 Å². The Hall–Kier alpha value is -7.69. The van der Waals surface area contributed by atoms with Gasteiger partial charge in [-0.3, -0.25) is 38.9 Å². The number of hydrogen-bond acceptors (Lipinski definition) is 34. The normalized spacial score (nSPS) is 28.8. The van der Waals surface area contributed by atoms with Crippen LogP contribution in [-0.4, -0.2) is 314 Å². The highest BCUT2D eigenvalue weighted by Gasteiger charge is 2.53. The molecule has 5 fully saturated rings. The number of nitrogens with two attached hydrogens (primary N) is 2. The number of hydroxylamine groups is 1. The molecule has 43 heteroatoms. The molecule has 8 amide bonds. The van der Waals surface area contributed by atoms with E-state index in [1.54, 1.807) is 89.6 Å². The van der Waals surface area contributed by atoms with Gasteiger partial charge in [-0.25, -0.2) is 14.4 Å². The monoisotopic (exact) mass is 1990 g/mol. The van der Waals surface area contributed by atoms with Gasteiger partial charge in [-0.2, -0.15) is 5.48 Å². The molecule has 5 aliphatic heterocycles. The van der Waals surface area contributed by atoms with Gasteiger partial charge in [0.15, 0.2) is 41.8 Å². The zero-order chi connectivity index (χ0) is 95.0. The molecule has 7 aliphatic rings. The number of piperidine rings is 1. The van der Waals surface area contributed by atoms with E-state index in [9.17, 15) is 68.7 Å². The number of methoxy groups -OCH3 is 5. The van der Waals surface area contributed by atoms with Crippen LogP contribution in [0.1, 0.15) is 134 Å². The van der Waals surface area contributed by atoms with E-state index in [1.165, 1.54) is 63.2 Å². The standard InChI is InChI=1S/C87H124IN11O28S3/c1-15-99(86(112)120-42-50-26-28-51(29-27-50)93-78(106)55(24-22-35-91-84(90)110)94-80(108)66(44(2)3)95-79(107)54(92-49(8)100)23-19-21-34-89)56-43-119-61(40-60(56)114-10)125-75-70(104)67(46(5)122-83(75)124-59-25-18-16-17-20-33-87(113)41-58(102)68(96-85(111)118-14)64(59)53(87)32-38-128-130-52-30-36-98(9)37-31-52)97-127-62-39-57(101)77(48(7)121-62)129-81(109)63-45(4)65(88)73(76(117-13)72(63)115-11)126-82-71(105)74(116-12)69(103)47(6)123-82/h16-17,26-29,32,44,46-48,52,54-57,59-62,66-67,69-71,74-75,77,82-83,97,101,103-105,113H,15,19,21-24,30-31,34-43,89H2,1-14H3,(H,92,100)(H,93,106)(H,94,108)(H,95,107)(H,96,111)(H3,90,91,110)/b17-16-,53-32+/t46-,47+,48-,54+,55+,56+,57+,59+,60+,61+,62+,66+,67-,69+,70+,71-,74-,75-,77-,82+,83+,87+/m1/s1. The number of Topliss-reactive ketones (excluding diaryl/α,β-unsaturated/α-hetero) is 1. The average Bonchev–Trinajstić information content (AvgIpc) is 0.667. The van der Waals surface area contributed by atoms with Crippen LogP contribution in [0.5, 0.6) is 17.2 Å². The molecule has 130 heavy (non-hydrogen) atoms. The Bertz CT molecular complexity index is 4460. The van der Waals surface area contributed by atoms with Crippen molar-refractivity contribution in [3.63, 3.8) is 0 Å². The number of anilines is 1. The van der Waals surface area contributed by atoms with Crippen LogP contribution in [0.2, 0.25) is 0 Å². The van der Waals surface area contributed by atoms with Gasteiger partial charge in [0, 0.05) is 74.9 Å². The molecule has 9 rings (SSSR count). The van der Waals surface area contributed by atoms with E-state index in [4.69, 9.17) is 77.9 Å². The van der Waals surface area contributed by atoms with Crippen LogP contribution in [0.3, 0.4) is 0 Å². The Morgan fingerprint density at radius 2 is 1.48 bits per heavy atom. The molecule has 39 nitrogen and oxygen atoms in total. The number of likely N-dealkylation sites (N-methyl/N-ethyl adjacent to an activating group) is 1. The molecule has 720 valence electrons. The quantitative estimate of drug-likeness (QED) is 0.0149. The van der Waals surface area contributed by atoms with Crippen molar-refractivity contribution in [1.29, 1.82) is 0 Å². The molecule has 0 aromatic heterocycles. The zero-order valence-corrected chi connectivity index (χ0v) is 79.9. The molecule has 2 aromatic rings. The van der Waals surface area contributed by atoms with Crippen LogP contribution in [-0.2, 0) is 82.8 Å². The molecule has 5 saturated heterocycles. The Morgan fingerprint density at radius 1 is 0.792 bits per heavy atom. The fourth-order valence-electron chi connectivity index (χ4n) is 15.9. The van der Waals surface area contributed by atoms with Gasteiger partial charge in [-0.1, -0.05) is 89.1 Å². The molecule has 2 aliphatic carbocycles. The smallest absolute Gasteiger partial charge is 0.411 e. The maximum Gasteiger partial charge on any atom is 0.411 e. The number of nitrogens with zero attached hydrogens (tertiary/aromatic N) is 2. The van der Waals surface area contributed by atoms with Crippen LogP contribution < -0.4 is 63.1 Å². The van der Waals surface area contributed by atoms with Crippen molar-refractivity contribution in [2.45, 2.75) is 265 Å². The minimum atomic E-state index is -2.17. The number of alkyl carbamates (subject to hydrolysis) is 1. The lowest BCUT2D eigenvalue weighted by Gasteiger charge is -2.47. The zero-order valence-electron chi connectivity index (χ0n) is 75.3. The molecule has 0 spiro atoms. The van der Waals surface area contributed by atoms with E-state index in [-0.39, 0.29) is 104 Å². The third kappa shape index (κ3) is 28.0. The lowest BCUT2D eigenvalue weighted by Crippen LogP contribution is -2.65. The van der Waals surface area contributed by atoms with Crippen molar-refractivity contribution in [2.75, 3.05) is 93.0 Å².